The Bertz CT molecular complexity index is 638. The van der Waals surface area contributed by atoms with Crippen molar-refractivity contribution < 1.29 is 4.79 Å². The Balaban J connectivity index is 1.58. The van der Waals surface area contributed by atoms with Gasteiger partial charge >= 0.3 is 0 Å². The van der Waals surface area contributed by atoms with Gasteiger partial charge in [0, 0.05) is 30.2 Å². The standard InChI is InChI=1S/C17H22N4O/c1-13(12-20-9-5-8-19-20)18-11-17(22)21-14(2)10-15-6-3-4-7-16(15)21/h3-9,13-14,18H,10-12H2,1-2H3/t13-,14+/m1/s1. The van der Waals surface area contributed by atoms with Gasteiger partial charge in [-0.15, -0.1) is 0 Å². The van der Waals surface area contributed by atoms with Crippen molar-refractivity contribution in [2.24, 2.45) is 0 Å². The van der Waals surface area contributed by atoms with Crippen molar-refractivity contribution in [1.29, 1.82) is 0 Å². The normalized spacial score (nSPS) is 18.3. The summed E-state index contributed by atoms with van der Waals surface area (Å²) in [4.78, 5) is 14.5. The minimum absolute atomic E-state index is 0.129. The predicted octanol–water partition coefficient (Wildman–Crippen LogP) is 1.84. The van der Waals surface area contributed by atoms with Crippen LogP contribution in [-0.2, 0) is 17.8 Å². The smallest absolute Gasteiger partial charge is 0.241 e. The van der Waals surface area contributed by atoms with E-state index in [1.165, 1.54) is 5.56 Å². The van der Waals surface area contributed by atoms with Crippen LogP contribution in [0.25, 0.3) is 0 Å². The Labute approximate surface area is 130 Å². The SMILES string of the molecule is C[C@H](Cn1cccn1)NCC(=O)N1c2ccccc2C[C@@H]1C. The minimum Gasteiger partial charge on any atom is -0.308 e. The number of carbonyl (C=O) groups is 1. The quantitative estimate of drug-likeness (QED) is 0.916. The molecule has 0 bridgehead atoms. The van der Waals surface area contributed by atoms with Gasteiger partial charge < -0.3 is 10.2 Å². The summed E-state index contributed by atoms with van der Waals surface area (Å²) in [5.41, 5.74) is 2.31. The number of fused-ring (bicyclic) bond motifs is 1. The molecule has 2 aromatic rings. The molecular formula is C17H22N4O. The Hall–Kier alpha value is -2.14. The van der Waals surface area contributed by atoms with Crippen LogP contribution in [0.5, 0.6) is 0 Å². The third-order valence-electron chi connectivity index (χ3n) is 4.10. The van der Waals surface area contributed by atoms with Gasteiger partial charge in [-0.3, -0.25) is 9.48 Å². The monoisotopic (exact) mass is 298 g/mol. The van der Waals surface area contributed by atoms with E-state index in [2.05, 4.69) is 30.3 Å². The number of hydrogen-bond donors (Lipinski definition) is 1. The number of benzene rings is 1. The van der Waals surface area contributed by atoms with E-state index in [1.54, 1.807) is 6.20 Å². The molecule has 0 saturated carbocycles. The van der Waals surface area contributed by atoms with Gasteiger partial charge in [0.25, 0.3) is 0 Å². The van der Waals surface area contributed by atoms with Crippen molar-refractivity contribution in [2.75, 3.05) is 11.4 Å². The van der Waals surface area contributed by atoms with E-state index < -0.39 is 0 Å². The third-order valence-corrected chi connectivity index (χ3v) is 4.10. The molecule has 1 aliphatic rings. The minimum atomic E-state index is 0.129. The molecule has 22 heavy (non-hydrogen) atoms. The van der Waals surface area contributed by atoms with Crippen LogP contribution in [0, 0.1) is 0 Å². The van der Waals surface area contributed by atoms with Crippen LogP contribution >= 0.6 is 0 Å². The number of nitrogens with zero attached hydrogens (tertiary/aromatic N) is 3. The van der Waals surface area contributed by atoms with Crippen molar-refractivity contribution >= 4 is 11.6 Å². The number of amides is 1. The molecule has 0 unspecified atom stereocenters. The van der Waals surface area contributed by atoms with E-state index in [1.807, 2.05) is 40.0 Å². The molecule has 5 nitrogen and oxygen atoms in total. The van der Waals surface area contributed by atoms with Crippen LogP contribution in [0.15, 0.2) is 42.7 Å². The van der Waals surface area contributed by atoms with Crippen LogP contribution in [0.3, 0.4) is 0 Å². The lowest BCUT2D eigenvalue weighted by Gasteiger charge is -2.24. The summed E-state index contributed by atoms with van der Waals surface area (Å²) in [6.45, 7) is 5.27. The van der Waals surface area contributed by atoms with E-state index in [4.69, 9.17) is 0 Å². The largest absolute Gasteiger partial charge is 0.308 e. The van der Waals surface area contributed by atoms with Crippen LogP contribution in [0.4, 0.5) is 5.69 Å². The molecule has 0 spiro atoms. The van der Waals surface area contributed by atoms with Gasteiger partial charge in [-0.1, -0.05) is 18.2 Å². The van der Waals surface area contributed by atoms with Crippen molar-refractivity contribution in [2.45, 2.75) is 38.9 Å². The molecule has 3 rings (SSSR count). The van der Waals surface area contributed by atoms with Gasteiger partial charge in [0.1, 0.15) is 0 Å². The molecule has 1 aromatic carbocycles. The van der Waals surface area contributed by atoms with E-state index in [0.29, 0.717) is 6.54 Å². The first-order valence-corrected chi connectivity index (χ1v) is 7.76. The lowest BCUT2D eigenvalue weighted by Crippen LogP contribution is -2.44. The molecule has 1 aromatic heterocycles. The number of aromatic nitrogens is 2. The highest BCUT2D eigenvalue weighted by molar-refractivity contribution is 5.97. The van der Waals surface area contributed by atoms with Gasteiger partial charge in [-0.05, 0) is 38.0 Å². The van der Waals surface area contributed by atoms with Crippen molar-refractivity contribution in [3.8, 4) is 0 Å². The first-order chi connectivity index (χ1) is 10.6. The summed E-state index contributed by atoms with van der Waals surface area (Å²) in [5, 5.41) is 7.48. The number of nitrogens with one attached hydrogen (secondary N) is 1. The van der Waals surface area contributed by atoms with Crippen LogP contribution in [0.2, 0.25) is 0 Å². The molecular weight excluding hydrogens is 276 g/mol. The molecule has 0 saturated heterocycles. The molecule has 5 heteroatoms. The second kappa shape index (κ2) is 6.32. The average molecular weight is 298 g/mol. The van der Waals surface area contributed by atoms with Crippen LogP contribution in [0.1, 0.15) is 19.4 Å². The van der Waals surface area contributed by atoms with Crippen molar-refractivity contribution in [3.63, 3.8) is 0 Å². The van der Waals surface area contributed by atoms with Crippen LogP contribution < -0.4 is 10.2 Å². The van der Waals surface area contributed by atoms with Crippen LogP contribution in [-0.4, -0.2) is 34.3 Å². The van der Waals surface area contributed by atoms with Crippen molar-refractivity contribution in [3.05, 3.63) is 48.3 Å². The molecule has 1 N–H and O–H groups in total. The maximum Gasteiger partial charge on any atom is 0.241 e. The highest BCUT2D eigenvalue weighted by Crippen LogP contribution is 2.31. The lowest BCUT2D eigenvalue weighted by molar-refractivity contribution is -0.118. The fourth-order valence-electron chi connectivity index (χ4n) is 3.05. The number of para-hydroxylation sites is 1. The van der Waals surface area contributed by atoms with Gasteiger partial charge in [0.15, 0.2) is 0 Å². The number of anilines is 1. The number of hydrogen-bond acceptors (Lipinski definition) is 3. The maximum atomic E-state index is 12.6. The van der Waals surface area contributed by atoms with E-state index in [9.17, 15) is 4.79 Å². The fourth-order valence-corrected chi connectivity index (χ4v) is 3.05. The Morgan fingerprint density at radius 1 is 1.41 bits per heavy atom. The van der Waals surface area contributed by atoms with Gasteiger partial charge in [-0.2, -0.15) is 5.10 Å². The summed E-state index contributed by atoms with van der Waals surface area (Å²) in [6, 6.07) is 10.5. The highest BCUT2D eigenvalue weighted by atomic mass is 16.2. The number of rotatable bonds is 5. The second-order valence-corrected chi connectivity index (χ2v) is 5.96. The zero-order chi connectivity index (χ0) is 15.5. The lowest BCUT2D eigenvalue weighted by atomic mass is 10.1. The molecule has 0 radical (unpaired) electrons. The summed E-state index contributed by atoms with van der Waals surface area (Å²) in [7, 11) is 0. The van der Waals surface area contributed by atoms with E-state index in [0.717, 1.165) is 18.7 Å². The Morgan fingerprint density at radius 2 is 2.23 bits per heavy atom. The molecule has 2 heterocycles. The fraction of sp³-hybridized carbons (Fsp3) is 0.412. The zero-order valence-corrected chi connectivity index (χ0v) is 13.1. The van der Waals surface area contributed by atoms with E-state index >= 15 is 0 Å². The Morgan fingerprint density at radius 3 is 3.00 bits per heavy atom. The Kier molecular flexibility index (Phi) is 4.24. The summed E-state index contributed by atoms with van der Waals surface area (Å²) in [5.74, 6) is 0.129. The molecule has 0 fully saturated rings. The first-order valence-electron chi connectivity index (χ1n) is 7.76. The highest BCUT2D eigenvalue weighted by Gasteiger charge is 2.30. The molecule has 1 aliphatic heterocycles. The summed E-state index contributed by atoms with van der Waals surface area (Å²) < 4.78 is 1.87. The third kappa shape index (κ3) is 3.04. The van der Waals surface area contributed by atoms with Gasteiger partial charge in [-0.25, -0.2) is 0 Å². The first kappa shape index (κ1) is 14.8. The summed E-state index contributed by atoms with van der Waals surface area (Å²) in [6.07, 6.45) is 4.63. The molecule has 0 aliphatic carbocycles. The molecule has 2 atom stereocenters. The van der Waals surface area contributed by atoms with Gasteiger partial charge in [0.05, 0.1) is 13.1 Å². The molecule has 116 valence electrons. The topological polar surface area (TPSA) is 50.2 Å². The zero-order valence-electron chi connectivity index (χ0n) is 13.1. The predicted molar refractivity (Wildman–Crippen MR) is 86.8 cm³/mol. The second-order valence-electron chi connectivity index (χ2n) is 5.96. The summed E-state index contributed by atoms with van der Waals surface area (Å²) >= 11 is 0. The average Bonchev–Trinajstić information content (AvgIpc) is 3.11. The maximum absolute atomic E-state index is 12.6. The van der Waals surface area contributed by atoms with Gasteiger partial charge in [0.2, 0.25) is 5.91 Å². The van der Waals surface area contributed by atoms with E-state index in [-0.39, 0.29) is 18.0 Å². The number of carbonyl (C=O) groups excluding carboxylic acids is 1. The van der Waals surface area contributed by atoms with Crippen molar-refractivity contribution in [1.82, 2.24) is 15.1 Å². The molecule has 1 amide bonds.